The first-order valence-corrected chi connectivity index (χ1v) is 5.92. The maximum absolute atomic E-state index is 11.1. The van der Waals surface area contributed by atoms with Gasteiger partial charge in [-0.3, -0.25) is 0 Å². The van der Waals surface area contributed by atoms with Crippen molar-refractivity contribution in [3.63, 3.8) is 0 Å². The van der Waals surface area contributed by atoms with E-state index in [2.05, 4.69) is 15.0 Å². The third-order valence-corrected chi connectivity index (χ3v) is 2.90. The molecule has 1 N–H and O–H groups in total. The van der Waals surface area contributed by atoms with Gasteiger partial charge in [0, 0.05) is 24.8 Å². The van der Waals surface area contributed by atoms with Crippen LogP contribution in [0.1, 0.15) is 29.9 Å². The van der Waals surface area contributed by atoms with E-state index in [-0.39, 0.29) is 5.56 Å². The molecule has 0 atom stereocenters. The Balaban J connectivity index is 2.71. The van der Waals surface area contributed by atoms with E-state index in [1.807, 2.05) is 26.8 Å². The molecule has 0 spiro atoms. The van der Waals surface area contributed by atoms with Crippen molar-refractivity contribution in [2.75, 3.05) is 18.0 Å². The van der Waals surface area contributed by atoms with Gasteiger partial charge < -0.3 is 10.0 Å². The molecular weight excluding hydrogens is 232 g/mol. The van der Waals surface area contributed by atoms with Crippen LogP contribution in [0, 0.1) is 6.92 Å². The minimum absolute atomic E-state index is 0.132. The molecule has 2 rings (SSSR count). The minimum Gasteiger partial charge on any atom is -0.477 e. The summed E-state index contributed by atoms with van der Waals surface area (Å²) in [6.45, 7) is 7.61. The number of hydrogen-bond donors (Lipinski definition) is 1. The number of aryl methyl sites for hydroxylation is 1. The Morgan fingerprint density at radius 2 is 2.11 bits per heavy atom. The van der Waals surface area contributed by atoms with Crippen molar-refractivity contribution in [2.24, 2.45) is 0 Å². The van der Waals surface area contributed by atoms with E-state index < -0.39 is 5.97 Å². The number of hydrogen-bond acceptors (Lipinski definition) is 4. The maximum Gasteiger partial charge on any atom is 0.341 e. The van der Waals surface area contributed by atoms with Crippen molar-refractivity contribution in [1.82, 2.24) is 14.6 Å². The highest BCUT2D eigenvalue weighted by Gasteiger charge is 2.17. The lowest BCUT2D eigenvalue weighted by Crippen LogP contribution is -2.25. The van der Waals surface area contributed by atoms with Gasteiger partial charge in [-0.15, -0.1) is 0 Å². The van der Waals surface area contributed by atoms with Crippen LogP contribution in [-0.2, 0) is 0 Å². The molecule has 2 aromatic heterocycles. The van der Waals surface area contributed by atoms with Crippen molar-refractivity contribution in [3.05, 3.63) is 23.5 Å². The summed E-state index contributed by atoms with van der Waals surface area (Å²) < 4.78 is 1.59. The number of carboxylic acids is 1. The van der Waals surface area contributed by atoms with E-state index in [1.54, 1.807) is 4.52 Å². The molecule has 0 unspecified atom stereocenters. The number of aromatic carboxylic acids is 1. The lowest BCUT2D eigenvalue weighted by molar-refractivity contribution is 0.0699. The average Bonchev–Trinajstić information content (AvgIpc) is 2.74. The molecule has 0 saturated carbocycles. The fourth-order valence-corrected chi connectivity index (χ4v) is 1.99. The molecule has 18 heavy (non-hydrogen) atoms. The van der Waals surface area contributed by atoms with Crippen LogP contribution in [0.25, 0.3) is 5.65 Å². The number of rotatable bonds is 4. The summed E-state index contributed by atoms with van der Waals surface area (Å²) in [7, 11) is 0. The molecule has 0 aliphatic rings. The van der Waals surface area contributed by atoms with Gasteiger partial charge in [-0.25, -0.2) is 9.78 Å². The summed E-state index contributed by atoms with van der Waals surface area (Å²) in [6.07, 6.45) is 1.34. The number of aromatic nitrogens is 3. The summed E-state index contributed by atoms with van der Waals surface area (Å²) in [5, 5.41) is 13.2. The maximum atomic E-state index is 11.1. The van der Waals surface area contributed by atoms with Gasteiger partial charge >= 0.3 is 5.97 Å². The fraction of sp³-hybridized carbons (Fsp3) is 0.417. The second kappa shape index (κ2) is 4.64. The van der Waals surface area contributed by atoms with Gasteiger partial charge in [0.25, 0.3) is 0 Å². The van der Waals surface area contributed by atoms with Gasteiger partial charge in [-0.05, 0) is 20.8 Å². The summed E-state index contributed by atoms with van der Waals surface area (Å²) in [5.41, 5.74) is 1.31. The van der Waals surface area contributed by atoms with Crippen LogP contribution in [0.3, 0.4) is 0 Å². The van der Waals surface area contributed by atoms with Crippen molar-refractivity contribution >= 4 is 17.4 Å². The SMILES string of the molecule is CCN(CC)c1cc(C)nc2c(C(=O)O)cnn12. The molecule has 6 heteroatoms. The summed E-state index contributed by atoms with van der Waals surface area (Å²) >= 11 is 0. The van der Waals surface area contributed by atoms with Gasteiger partial charge in [-0.2, -0.15) is 9.61 Å². The second-order valence-corrected chi connectivity index (χ2v) is 4.03. The standard InChI is InChI=1S/C12H16N4O2/c1-4-15(5-2)10-6-8(3)14-11-9(12(17)18)7-13-16(10)11/h6-7H,4-5H2,1-3H3,(H,17,18). The van der Waals surface area contributed by atoms with Crippen molar-refractivity contribution in [1.29, 1.82) is 0 Å². The Morgan fingerprint density at radius 3 is 2.67 bits per heavy atom. The first-order chi connectivity index (χ1) is 8.58. The van der Waals surface area contributed by atoms with Crippen LogP contribution in [0.15, 0.2) is 12.3 Å². The first-order valence-electron chi connectivity index (χ1n) is 5.92. The zero-order valence-corrected chi connectivity index (χ0v) is 10.7. The van der Waals surface area contributed by atoms with Crippen molar-refractivity contribution < 1.29 is 9.90 Å². The lowest BCUT2D eigenvalue weighted by atomic mass is 10.3. The predicted molar refractivity (Wildman–Crippen MR) is 68.2 cm³/mol. The zero-order chi connectivity index (χ0) is 13.3. The third kappa shape index (κ3) is 1.90. The quantitative estimate of drug-likeness (QED) is 0.889. The topological polar surface area (TPSA) is 70.7 Å². The van der Waals surface area contributed by atoms with Crippen LogP contribution < -0.4 is 4.90 Å². The summed E-state index contributed by atoms with van der Waals surface area (Å²) in [4.78, 5) is 17.5. The van der Waals surface area contributed by atoms with E-state index in [4.69, 9.17) is 5.11 Å². The predicted octanol–water partition coefficient (Wildman–Crippen LogP) is 1.58. The zero-order valence-electron chi connectivity index (χ0n) is 10.7. The molecule has 0 aliphatic heterocycles. The number of nitrogens with zero attached hydrogens (tertiary/aromatic N) is 4. The van der Waals surface area contributed by atoms with Gasteiger partial charge in [0.05, 0.1) is 6.20 Å². The normalized spacial score (nSPS) is 10.8. The molecule has 0 fully saturated rings. The van der Waals surface area contributed by atoms with E-state index in [9.17, 15) is 4.79 Å². The molecule has 6 nitrogen and oxygen atoms in total. The van der Waals surface area contributed by atoms with Crippen LogP contribution in [0.5, 0.6) is 0 Å². The number of anilines is 1. The van der Waals surface area contributed by atoms with Crippen molar-refractivity contribution in [2.45, 2.75) is 20.8 Å². The molecule has 0 aliphatic carbocycles. The van der Waals surface area contributed by atoms with Gasteiger partial charge in [0.15, 0.2) is 5.65 Å². The van der Waals surface area contributed by atoms with Gasteiger partial charge in [0.1, 0.15) is 11.4 Å². The monoisotopic (exact) mass is 248 g/mol. The molecule has 0 amide bonds. The Kier molecular flexibility index (Phi) is 3.18. The van der Waals surface area contributed by atoms with E-state index in [0.717, 1.165) is 24.6 Å². The lowest BCUT2D eigenvalue weighted by Gasteiger charge is -2.21. The summed E-state index contributed by atoms with van der Waals surface area (Å²) in [5.74, 6) is -0.136. The average molecular weight is 248 g/mol. The molecule has 2 heterocycles. The van der Waals surface area contributed by atoms with Crippen molar-refractivity contribution in [3.8, 4) is 0 Å². The molecular formula is C12H16N4O2. The van der Waals surface area contributed by atoms with E-state index in [1.165, 1.54) is 6.20 Å². The van der Waals surface area contributed by atoms with Crippen LogP contribution >= 0.6 is 0 Å². The molecule has 96 valence electrons. The molecule has 0 aromatic carbocycles. The van der Waals surface area contributed by atoms with E-state index >= 15 is 0 Å². The molecule has 0 radical (unpaired) electrons. The van der Waals surface area contributed by atoms with Crippen LogP contribution in [0.4, 0.5) is 5.82 Å². The first kappa shape index (κ1) is 12.3. The second-order valence-electron chi connectivity index (χ2n) is 4.03. The van der Waals surface area contributed by atoms with Crippen LogP contribution in [0.2, 0.25) is 0 Å². The third-order valence-electron chi connectivity index (χ3n) is 2.90. The van der Waals surface area contributed by atoms with Gasteiger partial charge in [-0.1, -0.05) is 0 Å². The molecule has 2 aromatic rings. The molecule has 0 bridgehead atoms. The Bertz CT molecular complexity index is 587. The van der Waals surface area contributed by atoms with E-state index in [0.29, 0.717) is 5.65 Å². The Hall–Kier alpha value is -2.11. The Morgan fingerprint density at radius 1 is 1.44 bits per heavy atom. The molecule has 0 saturated heterocycles. The number of carbonyl (C=O) groups is 1. The minimum atomic E-state index is -1.01. The van der Waals surface area contributed by atoms with Crippen LogP contribution in [-0.4, -0.2) is 38.8 Å². The summed E-state index contributed by atoms with van der Waals surface area (Å²) in [6, 6.07) is 1.92. The fourth-order valence-electron chi connectivity index (χ4n) is 1.99. The highest BCUT2D eigenvalue weighted by Crippen LogP contribution is 2.19. The number of carboxylic acid groups (broad SMARTS) is 1. The van der Waals surface area contributed by atoms with Gasteiger partial charge in [0.2, 0.25) is 0 Å². The Labute approximate surface area is 105 Å². The highest BCUT2D eigenvalue weighted by molar-refractivity contribution is 5.94. The largest absolute Gasteiger partial charge is 0.477 e. The highest BCUT2D eigenvalue weighted by atomic mass is 16.4. The smallest absolute Gasteiger partial charge is 0.341 e. The number of fused-ring (bicyclic) bond motifs is 1.